The predicted octanol–water partition coefficient (Wildman–Crippen LogP) is 6.15. The summed E-state index contributed by atoms with van der Waals surface area (Å²) in [4.78, 5) is 23.2. The number of aryl methyl sites for hydroxylation is 1. The molecule has 5 rings (SSSR count). The summed E-state index contributed by atoms with van der Waals surface area (Å²) in [5, 5.41) is 13.5. The van der Waals surface area contributed by atoms with Gasteiger partial charge in [-0.25, -0.2) is 0 Å². The van der Waals surface area contributed by atoms with Gasteiger partial charge in [-0.15, -0.1) is 0 Å². The monoisotopic (exact) mass is 523 g/mol. The van der Waals surface area contributed by atoms with Crippen LogP contribution in [0, 0.1) is 18.3 Å². The number of amides is 1. The molecule has 4 heterocycles. The van der Waals surface area contributed by atoms with Crippen LogP contribution in [0.5, 0.6) is 0 Å². The van der Waals surface area contributed by atoms with E-state index < -0.39 is 0 Å². The van der Waals surface area contributed by atoms with Gasteiger partial charge in [0.1, 0.15) is 17.3 Å². The number of anilines is 1. The van der Waals surface area contributed by atoms with Crippen molar-refractivity contribution in [2.75, 3.05) is 32.6 Å². The number of rotatable bonds is 6. The summed E-state index contributed by atoms with van der Waals surface area (Å²) in [5.41, 5.74) is 7.66. The molecule has 1 fully saturated rings. The standard InChI is InChI=1S/C31H33N5O3/c1-18(2)24-17-33-26-14-27(29-19(3)12-22(16-34-29)31(37)36(4)5)39-30(26)28(24)20-6-7-25(21(13-20)15-32)35-23-8-10-38-11-9-23/h6-7,12-14,16-18,23,35H,8-11H2,1-5H3. The lowest BCUT2D eigenvalue weighted by atomic mass is 9.92. The number of furan rings is 1. The minimum Gasteiger partial charge on any atom is -0.452 e. The molecule has 4 aromatic rings. The first-order chi connectivity index (χ1) is 18.8. The molecular formula is C31H33N5O3. The number of pyridine rings is 2. The van der Waals surface area contributed by atoms with Gasteiger partial charge in [0.25, 0.3) is 5.91 Å². The Kier molecular flexibility index (Phi) is 7.36. The van der Waals surface area contributed by atoms with Crippen molar-refractivity contribution in [3.8, 4) is 28.7 Å². The Bertz CT molecular complexity index is 1580. The average molecular weight is 524 g/mol. The number of nitriles is 1. The van der Waals surface area contributed by atoms with Crippen molar-refractivity contribution in [1.29, 1.82) is 5.26 Å². The third-order valence-electron chi connectivity index (χ3n) is 7.17. The maximum Gasteiger partial charge on any atom is 0.254 e. The van der Waals surface area contributed by atoms with Gasteiger partial charge in [0.2, 0.25) is 0 Å². The predicted molar refractivity (Wildman–Crippen MR) is 152 cm³/mol. The quantitative estimate of drug-likeness (QED) is 0.323. The van der Waals surface area contributed by atoms with Crippen molar-refractivity contribution in [2.24, 2.45) is 0 Å². The first-order valence-corrected chi connectivity index (χ1v) is 13.3. The lowest BCUT2D eigenvalue weighted by Crippen LogP contribution is -2.28. The molecule has 1 saturated heterocycles. The number of hydrogen-bond acceptors (Lipinski definition) is 7. The van der Waals surface area contributed by atoms with Gasteiger partial charge < -0.3 is 19.4 Å². The Labute approximate surface area is 228 Å². The second-order valence-electron chi connectivity index (χ2n) is 10.6. The Morgan fingerprint density at radius 2 is 1.90 bits per heavy atom. The van der Waals surface area contributed by atoms with E-state index in [0.29, 0.717) is 39.7 Å². The van der Waals surface area contributed by atoms with Crippen LogP contribution < -0.4 is 5.32 Å². The molecule has 8 heteroatoms. The van der Waals surface area contributed by atoms with Crippen molar-refractivity contribution in [3.63, 3.8) is 0 Å². The minimum atomic E-state index is -0.102. The molecule has 0 unspecified atom stereocenters. The molecule has 1 aromatic carbocycles. The average Bonchev–Trinajstić information content (AvgIpc) is 3.36. The number of aromatic nitrogens is 2. The molecule has 0 spiro atoms. The van der Waals surface area contributed by atoms with E-state index in [4.69, 9.17) is 14.1 Å². The summed E-state index contributed by atoms with van der Waals surface area (Å²) in [6.07, 6.45) is 5.31. The van der Waals surface area contributed by atoms with Gasteiger partial charge >= 0.3 is 0 Å². The van der Waals surface area contributed by atoms with Crippen LogP contribution in [0.25, 0.3) is 33.7 Å². The Morgan fingerprint density at radius 1 is 1.13 bits per heavy atom. The highest BCUT2D eigenvalue weighted by Crippen LogP contribution is 2.39. The van der Waals surface area contributed by atoms with Crippen LogP contribution in [0.1, 0.15) is 59.7 Å². The van der Waals surface area contributed by atoms with Crippen molar-refractivity contribution in [1.82, 2.24) is 14.9 Å². The van der Waals surface area contributed by atoms with Gasteiger partial charge in [-0.3, -0.25) is 14.8 Å². The van der Waals surface area contributed by atoms with Crippen LogP contribution in [-0.2, 0) is 4.74 Å². The van der Waals surface area contributed by atoms with Crippen molar-refractivity contribution in [3.05, 3.63) is 65.0 Å². The van der Waals surface area contributed by atoms with E-state index in [1.54, 1.807) is 20.3 Å². The topological polar surface area (TPSA) is 104 Å². The van der Waals surface area contributed by atoms with Gasteiger partial charge in [-0.2, -0.15) is 5.26 Å². The van der Waals surface area contributed by atoms with E-state index in [1.807, 2.05) is 43.5 Å². The van der Waals surface area contributed by atoms with Gasteiger partial charge in [-0.05, 0) is 60.6 Å². The summed E-state index contributed by atoms with van der Waals surface area (Å²) in [6, 6.07) is 12.3. The van der Waals surface area contributed by atoms with E-state index in [0.717, 1.165) is 54.0 Å². The largest absolute Gasteiger partial charge is 0.452 e. The fraction of sp³-hybridized carbons (Fsp3) is 0.355. The zero-order valence-electron chi connectivity index (χ0n) is 23.0. The molecule has 0 atom stereocenters. The van der Waals surface area contributed by atoms with Gasteiger partial charge in [0.05, 0.1) is 16.8 Å². The lowest BCUT2D eigenvalue weighted by Gasteiger charge is -2.25. The van der Waals surface area contributed by atoms with Crippen LogP contribution in [0.2, 0.25) is 0 Å². The summed E-state index contributed by atoms with van der Waals surface area (Å²) in [6.45, 7) is 7.62. The molecule has 39 heavy (non-hydrogen) atoms. The Morgan fingerprint density at radius 3 is 2.56 bits per heavy atom. The van der Waals surface area contributed by atoms with Crippen LogP contribution in [0.15, 0.2) is 47.1 Å². The third-order valence-corrected chi connectivity index (χ3v) is 7.17. The molecule has 1 N–H and O–H groups in total. The van der Waals surface area contributed by atoms with Gasteiger partial charge in [-0.1, -0.05) is 19.9 Å². The first-order valence-electron chi connectivity index (χ1n) is 13.3. The smallest absolute Gasteiger partial charge is 0.254 e. The van der Waals surface area contributed by atoms with Gasteiger partial charge in [0, 0.05) is 57.4 Å². The number of carbonyl (C=O) groups excluding carboxylic acids is 1. The molecule has 0 bridgehead atoms. The van der Waals surface area contributed by atoms with Crippen molar-refractivity contribution >= 4 is 22.7 Å². The lowest BCUT2D eigenvalue weighted by molar-refractivity contribution is 0.0827. The molecule has 0 radical (unpaired) electrons. The van der Waals surface area contributed by atoms with E-state index in [1.165, 1.54) is 4.90 Å². The molecule has 200 valence electrons. The highest BCUT2D eigenvalue weighted by Gasteiger charge is 2.22. The van der Waals surface area contributed by atoms with E-state index in [9.17, 15) is 10.1 Å². The Hall–Kier alpha value is -4.22. The molecule has 0 saturated carbocycles. The molecule has 1 aliphatic rings. The minimum absolute atomic E-state index is 0.102. The molecule has 1 amide bonds. The van der Waals surface area contributed by atoms with Crippen LogP contribution in [-0.4, -0.2) is 54.1 Å². The van der Waals surface area contributed by atoms with E-state index in [-0.39, 0.29) is 11.8 Å². The van der Waals surface area contributed by atoms with E-state index >= 15 is 0 Å². The number of hydrogen-bond donors (Lipinski definition) is 1. The number of nitrogens with one attached hydrogen (secondary N) is 1. The number of carbonyl (C=O) groups is 1. The molecule has 3 aromatic heterocycles. The fourth-order valence-corrected chi connectivity index (χ4v) is 5.03. The second-order valence-corrected chi connectivity index (χ2v) is 10.6. The second kappa shape index (κ2) is 10.9. The summed E-state index contributed by atoms with van der Waals surface area (Å²) in [5.74, 6) is 0.668. The molecular weight excluding hydrogens is 490 g/mol. The summed E-state index contributed by atoms with van der Waals surface area (Å²) >= 11 is 0. The van der Waals surface area contributed by atoms with Crippen molar-refractivity contribution in [2.45, 2.75) is 45.6 Å². The number of benzene rings is 1. The van der Waals surface area contributed by atoms with Crippen LogP contribution in [0.4, 0.5) is 5.69 Å². The third kappa shape index (κ3) is 5.23. The van der Waals surface area contributed by atoms with Crippen LogP contribution in [0.3, 0.4) is 0 Å². The zero-order valence-corrected chi connectivity index (χ0v) is 23.0. The summed E-state index contributed by atoms with van der Waals surface area (Å²) < 4.78 is 11.9. The maximum atomic E-state index is 12.4. The van der Waals surface area contributed by atoms with Crippen molar-refractivity contribution < 1.29 is 13.9 Å². The highest BCUT2D eigenvalue weighted by atomic mass is 16.5. The highest BCUT2D eigenvalue weighted by molar-refractivity contribution is 5.96. The summed E-state index contributed by atoms with van der Waals surface area (Å²) in [7, 11) is 3.44. The normalized spacial score (nSPS) is 14.0. The Balaban J connectivity index is 1.58. The SMILES string of the molecule is Cc1cc(C(=O)N(C)C)cnc1-c1cc2ncc(C(C)C)c(-c3ccc(NC4CCOCC4)c(C#N)c3)c2o1. The molecule has 0 aliphatic carbocycles. The number of nitrogens with zero attached hydrogens (tertiary/aromatic N) is 4. The number of fused-ring (bicyclic) bond motifs is 1. The number of ether oxygens (including phenoxy) is 1. The first kappa shape index (κ1) is 26.4. The maximum absolute atomic E-state index is 12.4. The van der Waals surface area contributed by atoms with E-state index in [2.05, 4.69) is 30.2 Å². The zero-order chi connectivity index (χ0) is 27.7. The van der Waals surface area contributed by atoms with Gasteiger partial charge in [0.15, 0.2) is 11.3 Å². The molecule has 1 aliphatic heterocycles. The fourth-order valence-electron chi connectivity index (χ4n) is 5.03. The van der Waals surface area contributed by atoms with Crippen LogP contribution >= 0.6 is 0 Å². The molecule has 8 nitrogen and oxygen atoms in total.